The summed E-state index contributed by atoms with van der Waals surface area (Å²) in [4.78, 5) is 21.9. The lowest BCUT2D eigenvalue weighted by Crippen LogP contribution is -2.39. The van der Waals surface area contributed by atoms with Crippen LogP contribution in [0.2, 0.25) is 0 Å². The number of nitrogens with one attached hydrogen (secondary N) is 1. The normalized spacial score (nSPS) is 15.7. The summed E-state index contributed by atoms with van der Waals surface area (Å²) in [5.74, 6) is -1.67. The molecule has 1 fully saturated rings. The van der Waals surface area contributed by atoms with Gasteiger partial charge in [-0.25, -0.2) is 4.79 Å². The highest BCUT2D eigenvalue weighted by Crippen LogP contribution is 2.18. The van der Waals surface area contributed by atoms with Gasteiger partial charge in [-0.3, -0.25) is 4.79 Å². The number of hydrogen-bond donors (Lipinski definition) is 2. The van der Waals surface area contributed by atoms with Crippen LogP contribution in [0.3, 0.4) is 0 Å². The van der Waals surface area contributed by atoms with Gasteiger partial charge in [0.15, 0.2) is 5.69 Å². The van der Waals surface area contributed by atoms with Crippen molar-refractivity contribution in [3.05, 3.63) is 17.5 Å². The highest BCUT2D eigenvalue weighted by atomic mass is 16.5. The molecule has 80 valence electrons. The van der Waals surface area contributed by atoms with Gasteiger partial charge in [0.25, 0.3) is 5.91 Å². The van der Waals surface area contributed by atoms with Gasteiger partial charge in [-0.2, -0.15) is 0 Å². The fraction of sp³-hybridized carbons (Fsp3) is 0.444. The summed E-state index contributed by atoms with van der Waals surface area (Å²) in [6, 6.07) is 1.31. The van der Waals surface area contributed by atoms with Crippen molar-refractivity contribution in [1.82, 2.24) is 10.5 Å². The highest BCUT2D eigenvalue weighted by Gasteiger charge is 2.23. The molecule has 1 amide bonds. The van der Waals surface area contributed by atoms with Gasteiger partial charge in [0.05, 0.1) is 0 Å². The van der Waals surface area contributed by atoms with E-state index in [0.29, 0.717) is 0 Å². The van der Waals surface area contributed by atoms with Crippen molar-refractivity contribution in [1.29, 1.82) is 0 Å². The fourth-order valence-corrected chi connectivity index (χ4v) is 1.29. The van der Waals surface area contributed by atoms with Gasteiger partial charge in [0.2, 0.25) is 5.76 Å². The molecular weight excluding hydrogens is 200 g/mol. The first-order valence-corrected chi connectivity index (χ1v) is 4.67. The minimum atomic E-state index is -1.21. The molecule has 0 radical (unpaired) electrons. The van der Waals surface area contributed by atoms with Crippen molar-refractivity contribution in [3.63, 3.8) is 0 Å². The number of hydrogen-bond acceptors (Lipinski definition) is 4. The van der Waals surface area contributed by atoms with Crippen LogP contribution in [0.1, 0.15) is 40.3 Å². The number of aromatic nitrogens is 1. The Balaban J connectivity index is 2.01. The summed E-state index contributed by atoms with van der Waals surface area (Å²) in [7, 11) is 0. The van der Waals surface area contributed by atoms with E-state index >= 15 is 0 Å². The third kappa shape index (κ3) is 1.98. The molecule has 2 rings (SSSR count). The van der Waals surface area contributed by atoms with Gasteiger partial charge >= 0.3 is 5.97 Å². The lowest BCUT2D eigenvalue weighted by Gasteiger charge is -2.25. The molecule has 1 saturated carbocycles. The average molecular weight is 210 g/mol. The van der Waals surface area contributed by atoms with Crippen molar-refractivity contribution in [2.24, 2.45) is 0 Å². The zero-order valence-electron chi connectivity index (χ0n) is 7.90. The Bertz CT molecular complexity index is 395. The summed E-state index contributed by atoms with van der Waals surface area (Å²) in [5, 5.41) is 14.5. The van der Waals surface area contributed by atoms with Gasteiger partial charge < -0.3 is 14.9 Å². The van der Waals surface area contributed by atoms with Crippen molar-refractivity contribution in [2.75, 3.05) is 0 Å². The molecule has 2 N–H and O–H groups in total. The number of nitrogens with zero attached hydrogens (tertiary/aromatic N) is 1. The van der Waals surface area contributed by atoms with Gasteiger partial charge in [0, 0.05) is 12.1 Å². The number of amides is 1. The van der Waals surface area contributed by atoms with E-state index < -0.39 is 11.9 Å². The molecule has 0 bridgehead atoms. The Kier molecular flexibility index (Phi) is 2.40. The Morgan fingerprint density at radius 2 is 2.27 bits per heavy atom. The topological polar surface area (TPSA) is 92.4 Å². The number of carbonyl (C=O) groups is 2. The molecule has 1 heterocycles. The average Bonchev–Trinajstić information content (AvgIpc) is 2.59. The number of carboxylic acid groups (broad SMARTS) is 1. The highest BCUT2D eigenvalue weighted by molar-refractivity contribution is 5.94. The summed E-state index contributed by atoms with van der Waals surface area (Å²) in [6.07, 6.45) is 3.04. The minimum absolute atomic E-state index is 0.0562. The molecule has 1 aliphatic carbocycles. The smallest absolute Gasteiger partial charge is 0.358 e. The number of carbonyl (C=O) groups excluding carboxylic acids is 1. The van der Waals surface area contributed by atoms with Crippen LogP contribution in [-0.2, 0) is 0 Å². The monoisotopic (exact) mass is 210 g/mol. The van der Waals surface area contributed by atoms with Gasteiger partial charge in [-0.1, -0.05) is 5.16 Å². The molecule has 6 nitrogen and oxygen atoms in total. The van der Waals surface area contributed by atoms with Crippen molar-refractivity contribution >= 4 is 11.9 Å². The third-order valence-electron chi connectivity index (χ3n) is 2.39. The van der Waals surface area contributed by atoms with Gasteiger partial charge in [-0.15, -0.1) is 0 Å². The number of carboxylic acids is 1. The van der Waals surface area contributed by atoms with E-state index in [0.717, 1.165) is 25.3 Å². The van der Waals surface area contributed by atoms with Crippen LogP contribution in [0.4, 0.5) is 0 Å². The number of rotatable bonds is 3. The first-order valence-electron chi connectivity index (χ1n) is 4.67. The SMILES string of the molecule is O=C(O)c1cc(C(=O)NC2CCC2)on1. The van der Waals surface area contributed by atoms with Crippen molar-refractivity contribution < 1.29 is 19.2 Å². The molecule has 15 heavy (non-hydrogen) atoms. The predicted molar refractivity (Wildman–Crippen MR) is 48.6 cm³/mol. The van der Waals surface area contributed by atoms with E-state index in [1.54, 1.807) is 0 Å². The van der Waals surface area contributed by atoms with Crippen molar-refractivity contribution in [3.8, 4) is 0 Å². The van der Waals surface area contributed by atoms with Crippen LogP contribution in [0.5, 0.6) is 0 Å². The molecule has 0 unspecified atom stereocenters. The Hall–Kier alpha value is -1.85. The molecule has 1 aromatic heterocycles. The zero-order valence-corrected chi connectivity index (χ0v) is 7.90. The van der Waals surface area contributed by atoms with E-state index in [2.05, 4.69) is 15.0 Å². The first kappa shape index (κ1) is 9.70. The Morgan fingerprint density at radius 3 is 2.73 bits per heavy atom. The van der Waals surface area contributed by atoms with E-state index in [9.17, 15) is 9.59 Å². The standard InChI is InChI=1S/C9H10N2O4/c12-8(10-5-2-1-3-5)7-4-6(9(13)14)11-15-7/h4-5H,1-3H2,(H,10,12)(H,13,14). The molecule has 0 spiro atoms. The Morgan fingerprint density at radius 1 is 1.53 bits per heavy atom. The fourth-order valence-electron chi connectivity index (χ4n) is 1.29. The summed E-state index contributed by atoms with van der Waals surface area (Å²) in [6.45, 7) is 0. The van der Waals surface area contributed by atoms with Crippen molar-refractivity contribution in [2.45, 2.75) is 25.3 Å². The van der Waals surface area contributed by atoms with Crippen LogP contribution in [0.15, 0.2) is 10.6 Å². The number of aromatic carboxylic acids is 1. The van der Waals surface area contributed by atoms with Crippen LogP contribution in [0, 0.1) is 0 Å². The van der Waals surface area contributed by atoms with Crippen LogP contribution in [-0.4, -0.2) is 28.2 Å². The van der Waals surface area contributed by atoms with E-state index in [4.69, 9.17) is 5.11 Å². The lowest BCUT2D eigenvalue weighted by molar-refractivity contribution is 0.0684. The summed E-state index contributed by atoms with van der Waals surface area (Å²) in [5.41, 5.74) is -0.256. The molecule has 0 aliphatic heterocycles. The van der Waals surface area contributed by atoms with Gasteiger partial charge in [0.1, 0.15) is 0 Å². The molecule has 1 aliphatic rings. The van der Waals surface area contributed by atoms with E-state index in [1.165, 1.54) is 0 Å². The molecule has 0 aromatic carbocycles. The molecule has 6 heteroatoms. The minimum Gasteiger partial charge on any atom is -0.476 e. The van der Waals surface area contributed by atoms with Gasteiger partial charge in [-0.05, 0) is 19.3 Å². The maximum Gasteiger partial charge on any atom is 0.358 e. The van der Waals surface area contributed by atoms with Crippen LogP contribution in [0.25, 0.3) is 0 Å². The largest absolute Gasteiger partial charge is 0.476 e. The molecular formula is C9H10N2O4. The molecule has 1 aromatic rings. The molecule has 0 atom stereocenters. The van der Waals surface area contributed by atoms with Crippen LogP contribution < -0.4 is 5.32 Å². The molecule has 0 saturated heterocycles. The summed E-state index contributed by atoms with van der Waals surface area (Å²) >= 11 is 0. The maximum absolute atomic E-state index is 11.4. The van der Waals surface area contributed by atoms with E-state index in [1.807, 2.05) is 0 Å². The third-order valence-corrected chi connectivity index (χ3v) is 2.39. The summed E-state index contributed by atoms with van der Waals surface area (Å²) < 4.78 is 4.61. The predicted octanol–water partition coefficient (Wildman–Crippen LogP) is 0.655. The Labute approximate surface area is 85.2 Å². The van der Waals surface area contributed by atoms with E-state index in [-0.39, 0.29) is 17.5 Å². The zero-order chi connectivity index (χ0) is 10.8. The maximum atomic E-state index is 11.4. The second kappa shape index (κ2) is 3.72. The second-order valence-electron chi connectivity index (χ2n) is 3.48. The quantitative estimate of drug-likeness (QED) is 0.764. The lowest BCUT2D eigenvalue weighted by atomic mass is 9.93. The van der Waals surface area contributed by atoms with Crippen LogP contribution >= 0.6 is 0 Å². The second-order valence-corrected chi connectivity index (χ2v) is 3.48. The first-order chi connectivity index (χ1) is 7.16.